The smallest absolute Gasteiger partial charge is 0 e. The molecule has 3 heteroatoms. The molecule has 0 aliphatic heterocycles. The van der Waals surface area contributed by atoms with Gasteiger partial charge in [0.15, 0.2) is 0 Å². The molecule has 24 valence electrons. The van der Waals surface area contributed by atoms with Crippen molar-refractivity contribution in [1.82, 2.24) is 0 Å². The third-order valence-electron chi connectivity index (χ3n) is 0. The van der Waals surface area contributed by atoms with Crippen LogP contribution in [0.2, 0.25) is 0 Å². The third-order valence-corrected chi connectivity index (χ3v) is 0. The molecule has 0 aromatic carbocycles. The number of hydrogen-bond donors (Lipinski definition) is 1. The minimum atomic E-state index is 0. The largest absolute Gasteiger partial charge is 0.665 e. The van der Waals surface area contributed by atoms with E-state index >= 15 is 0 Å². The topological polar surface area (TPSA) is 37.3 Å². The van der Waals surface area contributed by atoms with Crippen molar-refractivity contribution in [2.45, 2.75) is 0 Å². The van der Waals surface area contributed by atoms with E-state index in [2.05, 4.69) is 0 Å². The number of hydrogen-bond acceptors (Lipinski definition) is 1. The monoisotopic (exact) mass is 229 g/mol. The summed E-state index contributed by atoms with van der Waals surface area (Å²) in [5.74, 6) is 0. The van der Waals surface area contributed by atoms with Crippen LogP contribution in [0.15, 0.2) is 0 Å². The Morgan fingerprint density at radius 2 is 1.75 bits per heavy atom. The van der Waals surface area contributed by atoms with Crippen molar-refractivity contribution in [3.8, 4) is 0 Å². The summed E-state index contributed by atoms with van der Waals surface area (Å²) in [4.78, 5) is 8.24. The van der Waals surface area contributed by atoms with Crippen LogP contribution in [0.1, 0.15) is 0 Å². The second kappa shape index (κ2) is 11.0. The van der Waals surface area contributed by atoms with Gasteiger partial charge in [0.25, 0.3) is 0 Å². The summed E-state index contributed by atoms with van der Waals surface area (Å²) in [6.45, 7) is 0.500. The SMILES string of the molecule is O=[C-]O.[W]. The van der Waals surface area contributed by atoms with Gasteiger partial charge in [-0.25, -0.2) is 0 Å². The molecule has 0 fully saturated rings. The molecule has 0 rings (SSSR count). The van der Waals surface area contributed by atoms with Crippen molar-refractivity contribution in [3.05, 3.63) is 0 Å². The van der Waals surface area contributed by atoms with E-state index in [-0.39, 0.29) is 21.1 Å². The van der Waals surface area contributed by atoms with Crippen molar-refractivity contribution < 1.29 is 31.0 Å². The van der Waals surface area contributed by atoms with Gasteiger partial charge in [0.05, 0.1) is 0 Å². The molecular formula is CHO2W-. The molecule has 1 N–H and O–H groups in total. The molecule has 0 aliphatic rings. The molecule has 0 heterocycles. The normalized spacial score (nSPS) is 3.00. The van der Waals surface area contributed by atoms with Crippen molar-refractivity contribution >= 4 is 6.47 Å². The molecule has 0 saturated heterocycles. The predicted molar refractivity (Wildman–Crippen MR) is 8.32 cm³/mol. The van der Waals surface area contributed by atoms with Crippen molar-refractivity contribution in [2.24, 2.45) is 0 Å². The van der Waals surface area contributed by atoms with Gasteiger partial charge >= 0.3 is 0 Å². The maximum Gasteiger partial charge on any atom is 0 e. The van der Waals surface area contributed by atoms with Gasteiger partial charge in [0.1, 0.15) is 0 Å². The van der Waals surface area contributed by atoms with Gasteiger partial charge in [-0.2, -0.15) is 0 Å². The minimum Gasteiger partial charge on any atom is -0.665 e. The van der Waals surface area contributed by atoms with Gasteiger partial charge in [-0.3, -0.25) is 0 Å². The van der Waals surface area contributed by atoms with Crippen LogP contribution in [-0.4, -0.2) is 11.6 Å². The molecule has 0 aliphatic carbocycles. The van der Waals surface area contributed by atoms with Crippen molar-refractivity contribution in [2.75, 3.05) is 0 Å². The van der Waals surface area contributed by atoms with E-state index in [1.165, 1.54) is 0 Å². The van der Waals surface area contributed by atoms with E-state index in [0.717, 1.165) is 0 Å². The Morgan fingerprint density at radius 1 is 1.75 bits per heavy atom. The zero-order chi connectivity index (χ0) is 2.71. The molecule has 0 amide bonds. The number of rotatable bonds is 0. The summed E-state index contributed by atoms with van der Waals surface area (Å²) in [6, 6.07) is 0. The van der Waals surface area contributed by atoms with E-state index in [1.54, 1.807) is 0 Å². The average molecular weight is 229 g/mol. The Kier molecular flexibility index (Phi) is 24.4. The van der Waals surface area contributed by atoms with Crippen LogP contribution in [0.3, 0.4) is 0 Å². The second-order valence-corrected chi connectivity index (χ2v) is 0.0913. The Morgan fingerprint density at radius 3 is 1.75 bits per heavy atom. The predicted octanol–water partition coefficient (Wildman–Crippen LogP) is -0.391. The van der Waals surface area contributed by atoms with Gasteiger partial charge < -0.3 is 9.90 Å². The van der Waals surface area contributed by atoms with Crippen LogP contribution in [0.5, 0.6) is 0 Å². The molecule has 0 spiro atoms. The van der Waals surface area contributed by atoms with Crippen molar-refractivity contribution in [1.29, 1.82) is 0 Å². The van der Waals surface area contributed by atoms with Crippen molar-refractivity contribution in [3.63, 3.8) is 0 Å². The van der Waals surface area contributed by atoms with Gasteiger partial charge in [0.2, 0.25) is 0 Å². The maximum atomic E-state index is 8.24. The molecule has 0 bridgehead atoms. The third kappa shape index (κ3) is 116. The fraction of sp³-hybridized carbons (Fsp3) is 0. The number of aliphatic hydroxyl groups excluding tert-OH is 1. The Balaban J connectivity index is 0. The van der Waals surface area contributed by atoms with Crippen LogP contribution in [0.25, 0.3) is 0 Å². The Bertz CT molecular complexity index is 13.5. The first-order valence-corrected chi connectivity index (χ1v) is 0.428. The summed E-state index contributed by atoms with van der Waals surface area (Å²) < 4.78 is 0. The van der Waals surface area contributed by atoms with Gasteiger partial charge in [-0.05, 0) is 0 Å². The fourth-order valence-corrected chi connectivity index (χ4v) is 0. The quantitative estimate of drug-likeness (QED) is 0.574. The first-order valence-electron chi connectivity index (χ1n) is 0.428. The molecule has 0 unspecified atom stereocenters. The average Bonchev–Trinajstić information content (AvgIpc) is 0.918. The molecule has 0 saturated carbocycles. The van der Waals surface area contributed by atoms with Crippen LogP contribution >= 0.6 is 0 Å². The first-order chi connectivity index (χ1) is 1.41. The molecule has 4 heavy (non-hydrogen) atoms. The molecule has 0 radical (unpaired) electrons. The summed E-state index contributed by atoms with van der Waals surface area (Å²) >= 11 is 0. The summed E-state index contributed by atoms with van der Waals surface area (Å²) in [5, 5.41) is 6.76. The molecule has 2 nitrogen and oxygen atoms in total. The first kappa shape index (κ1) is 8.90. The zero-order valence-corrected chi connectivity index (χ0v) is 4.70. The van der Waals surface area contributed by atoms with Crippen LogP contribution in [-0.2, 0) is 25.9 Å². The Hall–Kier alpha value is 0.158. The molecular weight excluding hydrogens is 228 g/mol. The van der Waals surface area contributed by atoms with E-state index in [1.807, 2.05) is 0 Å². The summed E-state index contributed by atoms with van der Waals surface area (Å²) in [6.07, 6.45) is 0. The van der Waals surface area contributed by atoms with Gasteiger partial charge in [-0.15, -0.1) is 0 Å². The summed E-state index contributed by atoms with van der Waals surface area (Å²) in [7, 11) is 0. The molecule has 0 atom stereocenters. The molecule has 0 aromatic rings. The van der Waals surface area contributed by atoms with Crippen LogP contribution in [0, 0.1) is 0 Å². The van der Waals surface area contributed by atoms with E-state index < -0.39 is 0 Å². The molecule has 0 aromatic heterocycles. The second-order valence-electron chi connectivity index (χ2n) is 0.0913. The van der Waals surface area contributed by atoms with E-state index in [9.17, 15) is 0 Å². The van der Waals surface area contributed by atoms with Crippen LogP contribution < -0.4 is 0 Å². The minimum absolute atomic E-state index is 0. The standard InChI is InChI=1S/CHO2.W/c2-1-3;/h(H,2,3);/q-1;. The van der Waals surface area contributed by atoms with Crippen LogP contribution in [0.4, 0.5) is 0 Å². The maximum absolute atomic E-state index is 8.24. The van der Waals surface area contributed by atoms with E-state index in [4.69, 9.17) is 9.90 Å². The van der Waals surface area contributed by atoms with Gasteiger partial charge in [-0.1, -0.05) is 6.47 Å². The Labute approximate surface area is 38.1 Å². The summed E-state index contributed by atoms with van der Waals surface area (Å²) in [5.41, 5.74) is 0. The zero-order valence-electron chi connectivity index (χ0n) is 1.76. The van der Waals surface area contributed by atoms with E-state index in [0.29, 0.717) is 6.47 Å². The fourth-order valence-electron chi connectivity index (χ4n) is 0. The van der Waals surface area contributed by atoms with Gasteiger partial charge in [0, 0.05) is 21.1 Å².